The highest BCUT2D eigenvalue weighted by atomic mass is 32.1. The van der Waals surface area contributed by atoms with Crippen LogP contribution in [0.25, 0.3) is 10.4 Å². The average molecular weight is 695 g/mol. The van der Waals surface area contributed by atoms with Crippen LogP contribution < -0.4 is 10.2 Å². The number of ether oxygens (including phenoxy) is 1. The molecule has 2 aliphatic heterocycles. The molecule has 2 aliphatic rings. The van der Waals surface area contributed by atoms with Crippen molar-refractivity contribution in [3.8, 4) is 10.4 Å². The first kappa shape index (κ1) is 36.3. The first-order valence-electron chi connectivity index (χ1n) is 17.1. The van der Waals surface area contributed by atoms with Gasteiger partial charge in [-0.25, -0.2) is 9.78 Å². The first-order chi connectivity index (χ1) is 23.0. The highest BCUT2D eigenvalue weighted by molar-refractivity contribution is 7.13. The predicted molar refractivity (Wildman–Crippen MR) is 188 cm³/mol. The molecule has 0 radical (unpaired) electrons. The summed E-state index contributed by atoms with van der Waals surface area (Å²) in [6.07, 6.45) is -1.02. The lowest BCUT2D eigenvalue weighted by atomic mass is 9.91. The topological polar surface area (TPSA) is 141 Å². The molecule has 13 heteroatoms. The summed E-state index contributed by atoms with van der Waals surface area (Å²) in [5.41, 5.74) is 4.22. The van der Waals surface area contributed by atoms with Gasteiger partial charge in [0.2, 0.25) is 11.8 Å². The van der Waals surface area contributed by atoms with Crippen molar-refractivity contribution in [1.82, 2.24) is 25.3 Å². The van der Waals surface area contributed by atoms with Crippen molar-refractivity contribution < 1.29 is 28.8 Å². The van der Waals surface area contributed by atoms with Crippen LogP contribution in [0.15, 0.2) is 40.4 Å². The van der Waals surface area contributed by atoms with Gasteiger partial charge >= 0.3 is 6.09 Å². The molecule has 266 valence electrons. The van der Waals surface area contributed by atoms with Crippen molar-refractivity contribution >= 4 is 35.1 Å². The molecule has 6 atom stereocenters. The number of nitrogens with one attached hydrogen (secondary N) is 1. The zero-order valence-corrected chi connectivity index (χ0v) is 30.8. The van der Waals surface area contributed by atoms with E-state index in [4.69, 9.17) is 9.26 Å². The maximum atomic E-state index is 14.2. The number of rotatable bonds is 8. The van der Waals surface area contributed by atoms with Gasteiger partial charge in [-0.05, 0) is 65.5 Å². The van der Waals surface area contributed by atoms with Crippen molar-refractivity contribution in [2.75, 3.05) is 24.5 Å². The predicted octanol–water partition coefficient (Wildman–Crippen LogP) is 5.52. The Labute approximate surface area is 292 Å². The van der Waals surface area contributed by atoms with Crippen molar-refractivity contribution in [1.29, 1.82) is 0 Å². The van der Waals surface area contributed by atoms with E-state index < -0.39 is 23.7 Å². The third kappa shape index (κ3) is 8.09. The van der Waals surface area contributed by atoms with Gasteiger partial charge < -0.3 is 34.4 Å². The van der Waals surface area contributed by atoms with Gasteiger partial charge in [-0.2, -0.15) is 0 Å². The molecule has 0 bridgehead atoms. The van der Waals surface area contributed by atoms with E-state index in [9.17, 15) is 19.5 Å². The second-order valence-electron chi connectivity index (χ2n) is 14.8. The summed E-state index contributed by atoms with van der Waals surface area (Å²) in [4.78, 5) is 51.4. The monoisotopic (exact) mass is 694 g/mol. The second kappa shape index (κ2) is 14.5. The number of nitrogens with zero attached hydrogens (tertiary/aromatic N) is 5. The van der Waals surface area contributed by atoms with E-state index in [1.54, 1.807) is 22.3 Å². The standard InChI is InChI=1S/C36H50N6O6S/c1-20(2)31(29-15-30(39-48-29)40-16-22(4)41(17-21(40)3)35(46)47-36(7,8)9)34(45)42-18-27(43)14-28(42)33(44)38-23(5)25-10-12-26(13-11-25)32-24(6)37-19-49-32/h10-13,15,19-23,27-28,31,43H,14,16-18H2,1-9H3,(H,38,44)/t21-,22+,23-,27+,28-,31-/m0/s1. The minimum absolute atomic E-state index is 0.0551. The van der Waals surface area contributed by atoms with Gasteiger partial charge in [0.15, 0.2) is 11.6 Å². The molecule has 12 nitrogen and oxygen atoms in total. The Hall–Kier alpha value is -3.97. The fourth-order valence-electron chi connectivity index (χ4n) is 6.70. The SMILES string of the molecule is Cc1ncsc1-c1ccc([C@H](C)NC(=O)[C@@H]2C[C@@H](O)CN2C(=O)[C@H](c2cc(N3C[C@@H](C)N(C(=O)OC(C)(C)C)C[C@@H]3C)no2)C(C)C)cc1. The summed E-state index contributed by atoms with van der Waals surface area (Å²) >= 11 is 1.59. The molecule has 4 heterocycles. The Balaban J connectivity index is 1.27. The maximum absolute atomic E-state index is 14.2. The van der Waals surface area contributed by atoms with Gasteiger partial charge in [0.1, 0.15) is 17.6 Å². The molecule has 3 amide bonds. The number of likely N-dealkylation sites (tertiary alicyclic amines) is 1. The number of hydrogen-bond donors (Lipinski definition) is 2. The summed E-state index contributed by atoms with van der Waals surface area (Å²) in [7, 11) is 0. The molecule has 0 unspecified atom stereocenters. The number of aliphatic hydroxyl groups is 1. The number of aliphatic hydroxyl groups excluding tert-OH is 1. The summed E-state index contributed by atoms with van der Waals surface area (Å²) < 4.78 is 11.4. The fourth-order valence-corrected chi connectivity index (χ4v) is 7.51. The average Bonchev–Trinajstić information content (AvgIpc) is 3.77. The summed E-state index contributed by atoms with van der Waals surface area (Å²) in [6, 6.07) is 8.46. The molecular weight excluding hydrogens is 644 g/mol. The Kier molecular flexibility index (Phi) is 10.7. The molecule has 0 aliphatic carbocycles. The molecule has 0 spiro atoms. The van der Waals surface area contributed by atoms with E-state index in [1.165, 1.54) is 4.90 Å². The molecule has 2 aromatic heterocycles. The number of hydrogen-bond acceptors (Lipinski definition) is 10. The van der Waals surface area contributed by atoms with E-state index in [-0.39, 0.29) is 54.9 Å². The minimum atomic E-state index is -0.825. The third-order valence-corrected chi connectivity index (χ3v) is 10.3. The van der Waals surface area contributed by atoms with E-state index in [2.05, 4.69) is 20.4 Å². The first-order valence-corrected chi connectivity index (χ1v) is 17.9. The quantitative estimate of drug-likeness (QED) is 0.312. The van der Waals surface area contributed by atoms with Crippen molar-refractivity contribution in [2.45, 2.75) is 111 Å². The highest BCUT2D eigenvalue weighted by Crippen LogP contribution is 2.34. The molecule has 49 heavy (non-hydrogen) atoms. The smallest absolute Gasteiger partial charge is 0.410 e. The number of carbonyl (C=O) groups is 3. The lowest BCUT2D eigenvalue weighted by molar-refractivity contribution is -0.141. The van der Waals surface area contributed by atoms with E-state index in [0.29, 0.717) is 24.7 Å². The van der Waals surface area contributed by atoms with Crippen LogP contribution in [0.5, 0.6) is 0 Å². The number of amides is 3. The fraction of sp³-hybridized carbons (Fsp3) is 0.583. The van der Waals surface area contributed by atoms with Gasteiger partial charge in [0.25, 0.3) is 0 Å². The van der Waals surface area contributed by atoms with Crippen LogP contribution in [0.3, 0.4) is 0 Å². The largest absolute Gasteiger partial charge is 0.444 e. The Bertz CT molecular complexity index is 1630. The van der Waals surface area contributed by atoms with Crippen LogP contribution in [0.1, 0.15) is 90.8 Å². The molecular formula is C36H50N6O6S. The number of β-amino-alcohol motifs (C(OH)–C–C–N with tert-alkyl or cyclic N) is 1. The lowest BCUT2D eigenvalue weighted by Gasteiger charge is -2.44. The zero-order chi connectivity index (χ0) is 35.8. The number of benzene rings is 1. The molecule has 5 rings (SSSR count). The number of carbonyl (C=O) groups excluding carboxylic acids is 3. The van der Waals surface area contributed by atoms with Crippen LogP contribution in [0.4, 0.5) is 10.6 Å². The summed E-state index contributed by atoms with van der Waals surface area (Å²) in [5.74, 6) is -0.506. The Morgan fingerprint density at radius 2 is 1.73 bits per heavy atom. The molecule has 3 aromatic rings. The third-order valence-electron chi connectivity index (χ3n) is 9.31. The second-order valence-corrected chi connectivity index (χ2v) is 15.7. The van der Waals surface area contributed by atoms with Crippen molar-refractivity contribution in [3.05, 3.63) is 52.9 Å². The number of piperazine rings is 1. The molecule has 0 saturated carbocycles. The normalized spacial score (nSPS) is 22.7. The number of anilines is 1. The Morgan fingerprint density at radius 1 is 1.04 bits per heavy atom. The molecule has 1 aromatic carbocycles. The number of aryl methyl sites for hydroxylation is 1. The highest BCUT2D eigenvalue weighted by Gasteiger charge is 2.44. The van der Waals surface area contributed by atoms with Crippen LogP contribution in [-0.2, 0) is 14.3 Å². The van der Waals surface area contributed by atoms with E-state index in [1.807, 2.05) is 92.1 Å². The lowest BCUT2D eigenvalue weighted by Crippen LogP contribution is -2.59. The van der Waals surface area contributed by atoms with Crippen LogP contribution in [0, 0.1) is 12.8 Å². The minimum Gasteiger partial charge on any atom is -0.444 e. The van der Waals surface area contributed by atoms with Gasteiger partial charge in [-0.15, -0.1) is 11.3 Å². The van der Waals surface area contributed by atoms with E-state index >= 15 is 0 Å². The number of aromatic nitrogens is 2. The maximum Gasteiger partial charge on any atom is 0.410 e. The Morgan fingerprint density at radius 3 is 2.35 bits per heavy atom. The van der Waals surface area contributed by atoms with Crippen LogP contribution in [0.2, 0.25) is 0 Å². The van der Waals surface area contributed by atoms with Crippen LogP contribution in [-0.4, -0.2) is 92.4 Å². The van der Waals surface area contributed by atoms with Crippen LogP contribution >= 0.6 is 11.3 Å². The van der Waals surface area contributed by atoms with Crippen molar-refractivity contribution in [2.24, 2.45) is 5.92 Å². The summed E-state index contributed by atoms with van der Waals surface area (Å²) in [5, 5.41) is 18.1. The molecule has 2 fully saturated rings. The molecule has 2 saturated heterocycles. The van der Waals surface area contributed by atoms with Crippen molar-refractivity contribution in [3.63, 3.8) is 0 Å². The summed E-state index contributed by atoms with van der Waals surface area (Å²) in [6.45, 7) is 18.3. The number of thiazole rings is 1. The van der Waals surface area contributed by atoms with Gasteiger partial charge in [-0.3, -0.25) is 9.59 Å². The van der Waals surface area contributed by atoms with Gasteiger partial charge in [0, 0.05) is 44.2 Å². The zero-order valence-electron chi connectivity index (χ0n) is 30.0. The van der Waals surface area contributed by atoms with Gasteiger partial charge in [0.05, 0.1) is 28.2 Å². The molecule has 2 N–H and O–H groups in total. The van der Waals surface area contributed by atoms with E-state index in [0.717, 1.165) is 21.7 Å². The van der Waals surface area contributed by atoms with Gasteiger partial charge in [-0.1, -0.05) is 43.3 Å².